The van der Waals surface area contributed by atoms with Crippen molar-refractivity contribution in [3.63, 3.8) is 0 Å². The second kappa shape index (κ2) is 5.46. The summed E-state index contributed by atoms with van der Waals surface area (Å²) in [5.41, 5.74) is 0.328. The summed E-state index contributed by atoms with van der Waals surface area (Å²) in [6, 6.07) is 4.47. The van der Waals surface area contributed by atoms with Gasteiger partial charge in [-0.25, -0.2) is 9.37 Å². The fraction of sp³-hybridized carbons (Fsp3) is 0.333. The Hall–Kier alpha value is -1.46. The molecule has 4 nitrogen and oxygen atoms in total. The predicted molar refractivity (Wildman–Crippen MR) is 65.8 cm³/mol. The highest BCUT2D eigenvalue weighted by atomic mass is 35.5. The third-order valence-corrected chi connectivity index (χ3v) is 3.08. The third-order valence-electron chi connectivity index (χ3n) is 2.72. The summed E-state index contributed by atoms with van der Waals surface area (Å²) < 4.78 is 15.1. The highest BCUT2D eigenvalue weighted by molar-refractivity contribution is 6.31. The zero-order chi connectivity index (χ0) is 13.1. The molecule has 6 heteroatoms. The number of hydrogen-bond donors (Lipinski definition) is 1. The minimum atomic E-state index is -0.748. The topological polar surface area (TPSA) is 50.9 Å². The van der Waals surface area contributed by atoms with E-state index in [2.05, 4.69) is 10.1 Å². The first-order valence-electron chi connectivity index (χ1n) is 5.51. The zero-order valence-electron chi connectivity index (χ0n) is 9.85. The first-order chi connectivity index (χ1) is 8.58. The molecule has 0 saturated heterocycles. The molecule has 0 saturated carbocycles. The van der Waals surface area contributed by atoms with E-state index in [0.717, 1.165) is 0 Å². The van der Waals surface area contributed by atoms with Crippen molar-refractivity contribution in [2.75, 3.05) is 0 Å². The van der Waals surface area contributed by atoms with Crippen LogP contribution in [0.25, 0.3) is 0 Å². The molecular formula is C12H13ClFN3O. The highest BCUT2D eigenvalue weighted by Gasteiger charge is 2.15. The van der Waals surface area contributed by atoms with Crippen LogP contribution in [0.2, 0.25) is 5.02 Å². The predicted octanol–water partition coefficient (Wildman–Crippen LogP) is 1.75. The summed E-state index contributed by atoms with van der Waals surface area (Å²) in [5.74, 6) is 0.245. The van der Waals surface area contributed by atoms with Crippen molar-refractivity contribution >= 4 is 11.6 Å². The van der Waals surface area contributed by atoms with Crippen molar-refractivity contribution < 1.29 is 9.50 Å². The standard InChI is InChI=1S/C12H13ClFN3O/c1-17-12(15-7-16-17)6-8(18)5-9-10(13)3-2-4-11(9)14/h2-4,7-8,18H,5-6H2,1H3. The van der Waals surface area contributed by atoms with E-state index < -0.39 is 11.9 Å². The quantitative estimate of drug-likeness (QED) is 0.920. The van der Waals surface area contributed by atoms with Crippen molar-refractivity contribution in [1.82, 2.24) is 14.8 Å². The second-order valence-corrected chi connectivity index (χ2v) is 4.47. The molecule has 1 N–H and O–H groups in total. The van der Waals surface area contributed by atoms with Crippen molar-refractivity contribution in [3.05, 3.63) is 46.8 Å². The lowest BCUT2D eigenvalue weighted by molar-refractivity contribution is 0.170. The first kappa shape index (κ1) is 13.0. The number of aryl methyl sites for hydroxylation is 1. The highest BCUT2D eigenvalue weighted by Crippen LogP contribution is 2.21. The number of aliphatic hydroxyl groups excluding tert-OH is 1. The smallest absolute Gasteiger partial charge is 0.138 e. The van der Waals surface area contributed by atoms with Crippen LogP contribution in [0.4, 0.5) is 4.39 Å². The van der Waals surface area contributed by atoms with E-state index in [1.807, 2.05) is 0 Å². The van der Waals surface area contributed by atoms with Crippen LogP contribution in [0, 0.1) is 5.82 Å². The Morgan fingerprint density at radius 2 is 2.22 bits per heavy atom. The molecule has 0 spiro atoms. The van der Waals surface area contributed by atoms with Crippen LogP contribution < -0.4 is 0 Å². The molecule has 0 amide bonds. The van der Waals surface area contributed by atoms with Gasteiger partial charge in [0, 0.05) is 30.5 Å². The molecule has 1 unspecified atom stereocenters. The summed E-state index contributed by atoms with van der Waals surface area (Å²) in [6.07, 6.45) is 1.12. The van der Waals surface area contributed by atoms with Gasteiger partial charge in [0.25, 0.3) is 0 Å². The minimum Gasteiger partial charge on any atom is -0.392 e. The van der Waals surface area contributed by atoms with Crippen LogP contribution >= 0.6 is 11.6 Å². The molecule has 0 aliphatic rings. The normalized spacial score (nSPS) is 12.7. The summed E-state index contributed by atoms with van der Waals surface area (Å²) in [4.78, 5) is 4.01. The van der Waals surface area contributed by atoms with E-state index in [1.54, 1.807) is 17.8 Å². The van der Waals surface area contributed by atoms with E-state index in [1.165, 1.54) is 18.5 Å². The third kappa shape index (κ3) is 2.86. The van der Waals surface area contributed by atoms with E-state index in [-0.39, 0.29) is 6.42 Å². The fourth-order valence-electron chi connectivity index (χ4n) is 1.75. The molecule has 1 aromatic heterocycles. The van der Waals surface area contributed by atoms with Gasteiger partial charge in [-0.3, -0.25) is 4.68 Å². The monoisotopic (exact) mass is 269 g/mol. The molecule has 2 rings (SSSR count). The lowest BCUT2D eigenvalue weighted by Crippen LogP contribution is -2.17. The van der Waals surface area contributed by atoms with Gasteiger partial charge >= 0.3 is 0 Å². The Labute approximate surface area is 109 Å². The Morgan fingerprint density at radius 1 is 1.44 bits per heavy atom. The largest absolute Gasteiger partial charge is 0.392 e. The van der Waals surface area contributed by atoms with Crippen LogP contribution in [0.15, 0.2) is 24.5 Å². The zero-order valence-corrected chi connectivity index (χ0v) is 10.6. The number of rotatable bonds is 4. The van der Waals surface area contributed by atoms with Gasteiger partial charge in [-0.1, -0.05) is 17.7 Å². The number of aromatic nitrogens is 3. The maximum absolute atomic E-state index is 13.5. The van der Waals surface area contributed by atoms with E-state index in [0.29, 0.717) is 22.8 Å². The van der Waals surface area contributed by atoms with Gasteiger partial charge in [0.1, 0.15) is 18.0 Å². The average molecular weight is 270 g/mol. The molecule has 2 aromatic rings. The molecule has 0 aliphatic carbocycles. The SMILES string of the molecule is Cn1ncnc1CC(O)Cc1c(F)cccc1Cl. The Morgan fingerprint density at radius 3 is 2.83 bits per heavy atom. The molecule has 1 heterocycles. The second-order valence-electron chi connectivity index (χ2n) is 4.06. The maximum atomic E-state index is 13.5. The number of halogens is 2. The maximum Gasteiger partial charge on any atom is 0.138 e. The number of nitrogens with zero attached hydrogens (tertiary/aromatic N) is 3. The Balaban J connectivity index is 2.08. The van der Waals surface area contributed by atoms with Gasteiger partial charge in [-0.15, -0.1) is 0 Å². The summed E-state index contributed by atoms with van der Waals surface area (Å²) in [7, 11) is 1.74. The van der Waals surface area contributed by atoms with Crippen LogP contribution in [-0.2, 0) is 19.9 Å². The molecule has 1 aromatic carbocycles. The van der Waals surface area contributed by atoms with E-state index in [9.17, 15) is 9.50 Å². The Bertz CT molecular complexity index is 524. The van der Waals surface area contributed by atoms with Crippen LogP contribution in [0.1, 0.15) is 11.4 Å². The van der Waals surface area contributed by atoms with Gasteiger partial charge in [0.15, 0.2) is 0 Å². The molecule has 1 atom stereocenters. The van der Waals surface area contributed by atoms with Gasteiger partial charge < -0.3 is 5.11 Å². The van der Waals surface area contributed by atoms with Crippen molar-refractivity contribution in [1.29, 1.82) is 0 Å². The van der Waals surface area contributed by atoms with Crippen LogP contribution in [0.3, 0.4) is 0 Å². The fourth-order valence-corrected chi connectivity index (χ4v) is 1.99. The Kier molecular flexibility index (Phi) is 3.93. The summed E-state index contributed by atoms with van der Waals surface area (Å²) >= 11 is 5.90. The van der Waals surface area contributed by atoms with Gasteiger partial charge in [-0.2, -0.15) is 5.10 Å². The van der Waals surface area contributed by atoms with Crippen molar-refractivity contribution in [2.24, 2.45) is 7.05 Å². The van der Waals surface area contributed by atoms with Gasteiger partial charge in [0.05, 0.1) is 6.10 Å². The average Bonchev–Trinajstić information content (AvgIpc) is 2.70. The molecule has 18 heavy (non-hydrogen) atoms. The van der Waals surface area contributed by atoms with E-state index in [4.69, 9.17) is 11.6 Å². The molecule has 0 bridgehead atoms. The molecule has 0 radical (unpaired) electrons. The molecular weight excluding hydrogens is 257 g/mol. The summed E-state index contributed by atoms with van der Waals surface area (Å²) in [5, 5.41) is 14.2. The summed E-state index contributed by atoms with van der Waals surface area (Å²) in [6.45, 7) is 0. The minimum absolute atomic E-state index is 0.151. The molecule has 0 fully saturated rings. The first-order valence-corrected chi connectivity index (χ1v) is 5.89. The lowest BCUT2D eigenvalue weighted by Gasteiger charge is -2.11. The van der Waals surface area contributed by atoms with Gasteiger partial charge in [0.2, 0.25) is 0 Å². The van der Waals surface area contributed by atoms with Crippen LogP contribution in [0.5, 0.6) is 0 Å². The number of aliphatic hydroxyl groups is 1. The van der Waals surface area contributed by atoms with Crippen molar-refractivity contribution in [3.8, 4) is 0 Å². The number of benzene rings is 1. The lowest BCUT2D eigenvalue weighted by atomic mass is 10.0. The molecule has 96 valence electrons. The van der Waals surface area contributed by atoms with Crippen LogP contribution in [-0.4, -0.2) is 26.0 Å². The molecule has 0 aliphatic heterocycles. The van der Waals surface area contributed by atoms with E-state index >= 15 is 0 Å². The van der Waals surface area contributed by atoms with Crippen molar-refractivity contribution in [2.45, 2.75) is 18.9 Å². The van der Waals surface area contributed by atoms with Gasteiger partial charge in [-0.05, 0) is 12.1 Å². The number of hydrogen-bond acceptors (Lipinski definition) is 3.